The van der Waals surface area contributed by atoms with Crippen molar-refractivity contribution in [1.82, 2.24) is 9.55 Å². The van der Waals surface area contributed by atoms with Gasteiger partial charge in [-0.05, 0) is 51.0 Å². The number of nitrogens with two attached hydrogens (primary N) is 1. The van der Waals surface area contributed by atoms with E-state index in [9.17, 15) is 5.26 Å². The zero-order valence-corrected chi connectivity index (χ0v) is 14.6. The molecule has 5 nitrogen and oxygen atoms in total. The van der Waals surface area contributed by atoms with Crippen molar-refractivity contribution in [3.8, 4) is 17.5 Å². The van der Waals surface area contributed by atoms with Gasteiger partial charge in [-0.3, -0.25) is 4.57 Å². The molecule has 0 bridgehead atoms. The van der Waals surface area contributed by atoms with E-state index in [4.69, 9.17) is 15.5 Å². The Kier molecular flexibility index (Phi) is 3.69. The predicted octanol–water partition coefficient (Wildman–Crippen LogP) is 3.72. The van der Waals surface area contributed by atoms with Gasteiger partial charge in [-0.2, -0.15) is 5.26 Å². The molecule has 3 aromatic rings. The number of methoxy groups -OCH3 is 1. The number of benzene rings is 1. The maximum atomic E-state index is 9.58. The van der Waals surface area contributed by atoms with Gasteiger partial charge in [0.25, 0.3) is 0 Å². The Morgan fingerprint density at radius 2 is 1.88 bits per heavy atom. The van der Waals surface area contributed by atoms with Gasteiger partial charge in [-0.1, -0.05) is 6.07 Å². The number of aryl methyl sites for hydroxylation is 3. The largest absolute Gasteiger partial charge is 0.496 e. The van der Waals surface area contributed by atoms with Gasteiger partial charge in [0.2, 0.25) is 0 Å². The Labute approximate surface area is 141 Å². The molecule has 2 heterocycles. The summed E-state index contributed by atoms with van der Waals surface area (Å²) in [6, 6.07) is 8.13. The molecule has 0 saturated carbocycles. The van der Waals surface area contributed by atoms with Crippen molar-refractivity contribution in [1.29, 1.82) is 5.26 Å². The molecule has 3 rings (SSSR count). The standard InChI is InChI=1S/C19H20N4O/c1-10-6-7-16(24-5)12(3)17(10)23-18(21)15(9-20)14-8-11(2)13(4)22-19(14)23/h6-8H,21H2,1-5H3. The van der Waals surface area contributed by atoms with Gasteiger partial charge >= 0.3 is 0 Å². The maximum Gasteiger partial charge on any atom is 0.147 e. The third-order valence-electron chi connectivity index (χ3n) is 4.56. The molecule has 0 aliphatic rings. The number of anilines is 1. The molecular weight excluding hydrogens is 300 g/mol. The zero-order chi connectivity index (χ0) is 17.6. The summed E-state index contributed by atoms with van der Waals surface area (Å²) in [5, 5.41) is 10.4. The summed E-state index contributed by atoms with van der Waals surface area (Å²) in [4.78, 5) is 4.71. The molecule has 122 valence electrons. The molecule has 2 N–H and O–H groups in total. The summed E-state index contributed by atoms with van der Waals surface area (Å²) in [6.07, 6.45) is 0. The summed E-state index contributed by atoms with van der Waals surface area (Å²) in [5.74, 6) is 1.18. The fourth-order valence-electron chi connectivity index (χ4n) is 3.14. The van der Waals surface area contributed by atoms with Gasteiger partial charge in [-0.25, -0.2) is 4.98 Å². The van der Waals surface area contributed by atoms with Crippen LogP contribution in [0, 0.1) is 39.0 Å². The minimum absolute atomic E-state index is 0.407. The summed E-state index contributed by atoms with van der Waals surface area (Å²) in [5.41, 5.74) is 12.4. The SMILES string of the molecule is COc1ccc(C)c(-n2c(N)c(C#N)c3cc(C)c(C)nc32)c1C. The van der Waals surface area contributed by atoms with E-state index in [1.165, 1.54) is 0 Å². The molecule has 0 fully saturated rings. The quantitative estimate of drug-likeness (QED) is 0.780. The molecule has 0 aliphatic heterocycles. The highest BCUT2D eigenvalue weighted by Crippen LogP contribution is 2.36. The molecular formula is C19H20N4O. The van der Waals surface area contributed by atoms with E-state index in [1.54, 1.807) is 7.11 Å². The number of nitrogen functional groups attached to an aromatic ring is 1. The number of aromatic nitrogens is 2. The smallest absolute Gasteiger partial charge is 0.147 e. The van der Waals surface area contributed by atoms with Crippen molar-refractivity contribution < 1.29 is 4.74 Å². The van der Waals surface area contributed by atoms with Gasteiger partial charge < -0.3 is 10.5 Å². The minimum atomic E-state index is 0.407. The molecule has 0 amide bonds. The number of nitrogens with zero attached hydrogens (tertiary/aromatic N) is 3. The van der Waals surface area contributed by atoms with Crippen molar-refractivity contribution in [2.45, 2.75) is 27.7 Å². The number of fused-ring (bicyclic) bond motifs is 1. The molecule has 2 aromatic heterocycles. The van der Waals surface area contributed by atoms with Crippen molar-refractivity contribution >= 4 is 16.9 Å². The first kappa shape index (κ1) is 15.9. The van der Waals surface area contributed by atoms with Gasteiger partial charge in [0.05, 0.1) is 12.8 Å². The number of hydrogen-bond donors (Lipinski definition) is 1. The van der Waals surface area contributed by atoms with Gasteiger partial charge in [0.15, 0.2) is 0 Å². The Bertz CT molecular complexity index is 1010. The number of nitriles is 1. The van der Waals surface area contributed by atoms with Gasteiger partial charge in [-0.15, -0.1) is 0 Å². The second kappa shape index (κ2) is 5.57. The lowest BCUT2D eigenvalue weighted by Gasteiger charge is -2.16. The number of rotatable bonds is 2. The van der Waals surface area contributed by atoms with Crippen LogP contribution in [0.15, 0.2) is 18.2 Å². The molecule has 0 spiro atoms. The Balaban J connectivity index is 2.51. The van der Waals surface area contributed by atoms with Crippen molar-refractivity contribution in [3.63, 3.8) is 0 Å². The van der Waals surface area contributed by atoms with E-state index >= 15 is 0 Å². The molecule has 0 saturated heterocycles. The lowest BCUT2D eigenvalue weighted by molar-refractivity contribution is 0.411. The second-order valence-electron chi connectivity index (χ2n) is 6.03. The first-order valence-electron chi connectivity index (χ1n) is 7.73. The third kappa shape index (κ3) is 2.11. The molecule has 5 heteroatoms. The number of hydrogen-bond acceptors (Lipinski definition) is 4. The van der Waals surface area contributed by atoms with Crippen molar-refractivity contribution in [2.75, 3.05) is 12.8 Å². The average Bonchev–Trinajstić information content (AvgIpc) is 2.80. The fourth-order valence-corrected chi connectivity index (χ4v) is 3.14. The van der Waals surface area contributed by atoms with E-state index < -0.39 is 0 Å². The summed E-state index contributed by atoms with van der Waals surface area (Å²) in [7, 11) is 1.64. The van der Waals surface area contributed by atoms with Crippen molar-refractivity contribution in [3.05, 3.63) is 46.1 Å². The maximum absolute atomic E-state index is 9.58. The lowest BCUT2D eigenvalue weighted by atomic mass is 10.1. The van der Waals surface area contributed by atoms with E-state index in [-0.39, 0.29) is 0 Å². The van der Waals surface area contributed by atoms with Crippen LogP contribution >= 0.6 is 0 Å². The van der Waals surface area contributed by atoms with Crippen LogP contribution in [0.4, 0.5) is 5.82 Å². The van der Waals surface area contributed by atoms with Crippen molar-refractivity contribution in [2.24, 2.45) is 0 Å². The van der Waals surface area contributed by atoms with Crippen LogP contribution in [0.1, 0.15) is 27.9 Å². The van der Waals surface area contributed by atoms with Crippen LogP contribution in [0.5, 0.6) is 5.75 Å². The molecule has 24 heavy (non-hydrogen) atoms. The highest BCUT2D eigenvalue weighted by Gasteiger charge is 2.21. The van der Waals surface area contributed by atoms with Crippen LogP contribution in [-0.4, -0.2) is 16.7 Å². The normalized spacial score (nSPS) is 10.8. The van der Waals surface area contributed by atoms with E-state index in [0.717, 1.165) is 39.2 Å². The first-order chi connectivity index (χ1) is 11.4. The lowest BCUT2D eigenvalue weighted by Crippen LogP contribution is -2.07. The summed E-state index contributed by atoms with van der Waals surface area (Å²) in [6.45, 7) is 7.94. The molecule has 1 aromatic carbocycles. The van der Waals surface area contributed by atoms with E-state index in [0.29, 0.717) is 17.0 Å². The Hall–Kier alpha value is -3.00. The highest BCUT2D eigenvalue weighted by molar-refractivity contribution is 5.92. The molecule has 0 unspecified atom stereocenters. The molecule has 0 atom stereocenters. The average molecular weight is 320 g/mol. The third-order valence-corrected chi connectivity index (χ3v) is 4.56. The van der Waals surface area contributed by atoms with Crippen LogP contribution in [0.2, 0.25) is 0 Å². The Morgan fingerprint density at radius 1 is 1.17 bits per heavy atom. The topological polar surface area (TPSA) is 76.9 Å². The van der Waals surface area contributed by atoms with E-state index in [2.05, 4.69) is 6.07 Å². The van der Waals surface area contributed by atoms with Crippen LogP contribution < -0.4 is 10.5 Å². The van der Waals surface area contributed by atoms with Crippen LogP contribution in [0.25, 0.3) is 16.7 Å². The van der Waals surface area contributed by atoms with Gasteiger partial charge in [0, 0.05) is 16.6 Å². The van der Waals surface area contributed by atoms with E-state index in [1.807, 2.05) is 50.5 Å². The monoisotopic (exact) mass is 320 g/mol. The fraction of sp³-hybridized carbons (Fsp3) is 0.263. The summed E-state index contributed by atoms with van der Waals surface area (Å²) < 4.78 is 7.32. The number of ether oxygens (including phenoxy) is 1. The second-order valence-corrected chi connectivity index (χ2v) is 6.03. The number of pyridine rings is 1. The predicted molar refractivity (Wildman–Crippen MR) is 95.7 cm³/mol. The summed E-state index contributed by atoms with van der Waals surface area (Å²) >= 11 is 0. The minimum Gasteiger partial charge on any atom is -0.496 e. The van der Waals surface area contributed by atoms with Crippen LogP contribution in [0.3, 0.4) is 0 Å². The van der Waals surface area contributed by atoms with Crippen LogP contribution in [-0.2, 0) is 0 Å². The molecule has 0 radical (unpaired) electrons. The van der Waals surface area contributed by atoms with Gasteiger partial charge in [0.1, 0.15) is 28.8 Å². The first-order valence-corrected chi connectivity index (χ1v) is 7.73. The highest BCUT2D eigenvalue weighted by atomic mass is 16.5. The Morgan fingerprint density at radius 3 is 2.50 bits per heavy atom. The molecule has 0 aliphatic carbocycles. The zero-order valence-electron chi connectivity index (χ0n) is 14.6.